The van der Waals surface area contributed by atoms with Crippen molar-refractivity contribution in [2.45, 2.75) is 32.7 Å². The average molecular weight is 430 g/mol. The van der Waals surface area contributed by atoms with Gasteiger partial charge in [-0.25, -0.2) is 15.0 Å². The lowest BCUT2D eigenvalue weighted by Gasteiger charge is -2.34. The highest BCUT2D eigenvalue weighted by Crippen LogP contribution is 2.32. The molecular formula is C24H27N7O. The van der Waals surface area contributed by atoms with Gasteiger partial charge in [-0.3, -0.25) is 9.36 Å². The molecule has 0 spiro atoms. The molecule has 3 heterocycles. The third-order valence-corrected chi connectivity index (χ3v) is 6.25. The summed E-state index contributed by atoms with van der Waals surface area (Å²) in [6.45, 7) is 6.42. The van der Waals surface area contributed by atoms with Gasteiger partial charge in [-0.15, -0.1) is 0 Å². The first kappa shape index (κ1) is 20.2. The van der Waals surface area contributed by atoms with Crippen LogP contribution in [0.3, 0.4) is 0 Å². The van der Waals surface area contributed by atoms with E-state index in [1.54, 1.807) is 17.2 Å². The molecule has 8 nitrogen and oxygen atoms in total. The van der Waals surface area contributed by atoms with Gasteiger partial charge in [0, 0.05) is 31.1 Å². The monoisotopic (exact) mass is 429 g/mol. The number of nitrogen functional groups attached to an aromatic ring is 1. The van der Waals surface area contributed by atoms with E-state index in [4.69, 9.17) is 5.73 Å². The highest BCUT2D eigenvalue weighted by Gasteiger charge is 2.24. The number of benzene rings is 2. The molecule has 1 saturated heterocycles. The molecule has 1 aliphatic rings. The van der Waals surface area contributed by atoms with Crippen LogP contribution in [0.2, 0.25) is 0 Å². The fraction of sp³-hybridized carbons (Fsp3) is 0.333. The molecule has 0 amide bonds. The van der Waals surface area contributed by atoms with E-state index in [1.807, 2.05) is 44.2 Å². The average Bonchev–Trinajstić information content (AvgIpc) is 2.80. The zero-order chi connectivity index (χ0) is 22.2. The Balaban J connectivity index is 1.41. The van der Waals surface area contributed by atoms with Crippen LogP contribution in [0, 0.1) is 6.92 Å². The van der Waals surface area contributed by atoms with E-state index in [-0.39, 0.29) is 11.6 Å². The molecule has 2 aromatic heterocycles. The highest BCUT2D eigenvalue weighted by atomic mass is 16.1. The maximum Gasteiger partial charge on any atom is 0.261 e. The van der Waals surface area contributed by atoms with Crippen molar-refractivity contribution in [3.8, 4) is 0 Å². The third-order valence-electron chi connectivity index (χ3n) is 6.25. The van der Waals surface area contributed by atoms with E-state index in [0.717, 1.165) is 66.0 Å². The fourth-order valence-corrected chi connectivity index (χ4v) is 4.57. The molecule has 0 aliphatic carbocycles. The summed E-state index contributed by atoms with van der Waals surface area (Å²) in [6.07, 6.45) is 4.99. The van der Waals surface area contributed by atoms with Gasteiger partial charge in [-0.1, -0.05) is 11.6 Å². The predicted molar refractivity (Wildman–Crippen MR) is 129 cm³/mol. The number of nitrogens with two attached hydrogens (primary N) is 1. The number of hydrogen-bond donors (Lipinski definition) is 2. The molecule has 164 valence electrons. The summed E-state index contributed by atoms with van der Waals surface area (Å²) in [4.78, 5) is 28.9. The van der Waals surface area contributed by atoms with Gasteiger partial charge in [0.25, 0.3) is 5.56 Å². The van der Waals surface area contributed by atoms with Gasteiger partial charge in [-0.2, -0.15) is 0 Å². The van der Waals surface area contributed by atoms with Gasteiger partial charge < -0.3 is 16.0 Å². The molecule has 32 heavy (non-hydrogen) atoms. The molecule has 0 saturated carbocycles. The Morgan fingerprint density at radius 3 is 2.66 bits per heavy atom. The van der Waals surface area contributed by atoms with Crippen molar-refractivity contribution in [2.24, 2.45) is 0 Å². The second-order valence-electron chi connectivity index (χ2n) is 8.38. The van der Waals surface area contributed by atoms with E-state index in [1.165, 1.54) is 0 Å². The molecule has 0 atom stereocenters. The second-order valence-corrected chi connectivity index (χ2v) is 8.38. The van der Waals surface area contributed by atoms with Gasteiger partial charge in [0.05, 0.1) is 34.1 Å². The SMILES string of the molecule is CCNc1cc2ncnc(N3CCC(n4cnc5ccc(C)cc5c4=O)CC3)c2cc1N. The van der Waals surface area contributed by atoms with Crippen molar-refractivity contribution in [3.05, 3.63) is 58.9 Å². The quantitative estimate of drug-likeness (QED) is 0.479. The van der Waals surface area contributed by atoms with Gasteiger partial charge in [0.1, 0.15) is 12.1 Å². The Hall–Kier alpha value is -3.68. The molecular weight excluding hydrogens is 402 g/mol. The van der Waals surface area contributed by atoms with Crippen LogP contribution in [0.1, 0.15) is 31.4 Å². The van der Waals surface area contributed by atoms with Crippen molar-refractivity contribution in [3.63, 3.8) is 0 Å². The Morgan fingerprint density at radius 1 is 1.06 bits per heavy atom. The van der Waals surface area contributed by atoms with Crippen LogP contribution >= 0.6 is 0 Å². The predicted octanol–water partition coefficient (Wildman–Crippen LogP) is 3.50. The summed E-state index contributed by atoms with van der Waals surface area (Å²) in [5.41, 5.74) is 10.6. The maximum atomic E-state index is 13.1. The number of fused-ring (bicyclic) bond motifs is 2. The standard InChI is InChI=1S/C24H27N7O/c1-3-26-22-12-21-17(11-19(22)25)23(28-13-27-21)30-8-6-16(7-9-30)31-14-29-20-5-4-15(2)10-18(20)24(31)32/h4-5,10-14,16,26H,3,6-9,25H2,1-2H3. The third kappa shape index (κ3) is 3.51. The Bertz CT molecular complexity index is 1360. The summed E-state index contributed by atoms with van der Waals surface area (Å²) in [5.74, 6) is 0.891. The largest absolute Gasteiger partial charge is 0.397 e. The summed E-state index contributed by atoms with van der Waals surface area (Å²) in [7, 11) is 0. The number of anilines is 3. The van der Waals surface area contributed by atoms with Crippen LogP contribution in [0.5, 0.6) is 0 Å². The summed E-state index contributed by atoms with van der Waals surface area (Å²) < 4.78 is 1.80. The van der Waals surface area contributed by atoms with E-state index in [2.05, 4.69) is 25.2 Å². The minimum absolute atomic E-state index is 0.0355. The van der Waals surface area contributed by atoms with Crippen molar-refractivity contribution >= 4 is 39.0 Å². The summed E-state index contributed by atoms with van der Waals surface area (Å²) >= 11 is 0. The number of aromatic nitrogens is 4. The first-order valence-electron chi connectivity index (χ1n) is 11.1. The topological polar surface area (TPSA) is 102 Å². The van der Waals surface area contributed by atoms with Crippen LogP contribution in [0.15, 0.2) is 47.8 Å². The fourth-order valence-electron chi connectivity index (χ4n) is 4.57. The number of piperidine rings is 1. The van der Waals surface area contributed by atoms with Crippen molar-refractivity contribution in [1.82, 2.24) is 19.5 Å². The van der Waals surface area contributed by atoms with Crippen LogP contribution in [-0.2, 0) is 0 Å². The van der Waals surface area contributed by atoms with Gasteiger partial charge >= 0.3 is 0 Å². The molecule has 3 N–H and O–H groups in total. The number of nitrogens with one attached hydrogen (secondary N) is 1. The number of nitrogens with zero attached hydrogens (tertiary/aromatic N) is 5. The van der Waals surface area contributed by atoms with Crippen molar-refractivity contribution < 1.29 is 0 Å². The molecule has 4 aromatic rings. The Kier molecular flexibility index (Phi) is 5.13. The first-order chi connectivity index (χ1) is 15.5. The van der Waals surface area contributed by atoms with Gasteiger partial charge in [0.15, 0.2) is 0 Å². The smallest absolute Gasteiger partial charge is 0.261 e. The zero-order valence-corrected chi connectivity index (χ0v) is 18.4. The van der Waals surface area contributed by atoms with E-state index >= 15 is 0 Å². The van der Waals surface area contributed by atoms with E-state index in [0.29, 0.717) is 11.1 Å². The Labute approximate surface area is 186 Å². The zero-order valence-electron chi connectivity index (χ0n) is 18.4. The molecule has 0 unspecified atom stereocenters. The highest BCUT2D eigenvalue weighted by molar-refractivity contribution is 5.95. The molecule has 0 radical (unpaired) electrons. The molecule has 8 heteroatoms. The normalized spacial score (nSPS) is 14.9. The van der Waals surface area contributed by atoms with E-state index < -0.39 is 0 Å². The molecule has 0 bridgehead atoms. The number of aryl methyl sites for hydroxylation is 1. The van der Waals surface area contributed by atoms with Crippen LogP contribution < -0.4 is 21.5 Å². The van der Waals surface area contributed by atoms with E-state index in [9.17, 15) is 4.79 Å². The van der Waals surface area contributed by atoms with Crippen LogP contribution in [0.4, 0.5) is 17.2 Å². The summed E-state index contributed by atoms with van der Waals surface area (Å²) in [6, 6.07) is 9.87. The lowest BCUT2D eigenvalue weighted by Crippen LogP contribution is -2.38. The van der Waals surface area contributed by atoms with Crippen LogP contribution in [-0.4, -0.2) is 39.2 Å². The lowest BCUT2D eigenvalue weighted by atomic mass is 10.0. The molecule has 1 fully saturated rings. The molecule has 5 rings (SSSR count). The number of rotatable bonds is 4. The molecule has 2 aromatic carbocycles. The molecule has 1 aliphatic heterocycles. The van der Waals surface area contributed by atoms with Gasteiger partial charge in [-0.05, 0) is 51.0 Å². The van der Waals surface area contributed by atoms with Crippen LogP contribution in [0.25, 0.3) is 21.8 Å². The minimum Gasteiger partial charge on any atom is -0.397 e. The lowest BCUT2D eigenvalue weighted by molar-refractivity contribution is 0.385. The second kappa shape index (κ2) is 8.11. The Morgan fingerprint density at radius 2 is 1.88 bits per heavy atom. The summed E-state index contributed by atoms with van der Waals surface area (Å²) in [5, 5.41) is 4.91. The minimum atomic E-state index is 0.0355. The first-order valence-corrected chi connectivity index (χ1v) is 11.1. The number of hydrogen-bond acceptors (Lipinski definition) is 7. The van der Waals surface area contributed by atoms with Crippen molar-refractivity contribution in [1.29, 1.82) is 0 Å². The van der Waals surface area contributed by atoms with Crippen molar-refractivity contribution in [2.75, 3.05) is 35.6 Å². The van der Waals surface area contributed by atoms with Gasteiger partial charge in [0.2, 0.25) is 0 Å². The maximum absolute atomic E-state index is 13.1.